The van der Waals surface area contributed by atoms with Crippen LogP contribution in [-0.4, -0.2) is 48.9 Å². The maximum Gasteiger partial charge on any atom is 0.416 e. The molecule has 3 atom stereocenters. The fraction of sp³-hybridized carbons (Fsp3) is 0.250. The summed E-state index contributed by atoms with van der Waals surface area (Å²) >= 11 is 1.79. The number of rotatable bonds is 8. The molecule has 4 aromatic rings. The van der Waals surface area contributed by atoms with Crippen molar-refractivity contribution in [3.05, 3.63) is 92.4 Å². The minimum absolute atomic E-state index is 0.212. The van der Waals surface area contributed by atoms with Gasteiger partial charge in [0.05, 0.1) is 43.5 Å². The van der Waals surface area contributed by atoms with Crippen molar-refractivity contribution in [2.45, 2.75) is 28.9 Å². The number of hydrogen-bond donors (Lipinski definition) is 1. The van der Waals surface area contributed by atoms with Gasteiger partial charge in [0.1, 0.15) is 17.5 Å². The Bertz CT molecular complexity index is 1940. The van der Waals surface area contributed by atoms with Gasteiger partial charge in [-0.25, -0.2) is 4.90 Å². The zero-order valence-corrected chi connectivity index (χ0v) is 26.6. The quantitative estimate of drug-likeness (QED) is 0.246. The molecule has 244 valence electrons. The Morgan fingerprint density at radius 1 is 0.894 bits per heavy atom. The molecule has 0 saturated carbocycles. The Hall–Kier alpha value is -4.76. The zero-order chi connectivity index (χ0) is 33.6. The van der Waals surface area contributed by atoms with E-state index in [9.17, 15) is 32.3 Å². The van der Waals surface area contributed by atoms with Gasteiger partial charge in [-0.3, -0.25) is 23.7 Å². The summed E-state index contributed by atoms with van der Waals surface area (Å²) in [6.07, 6.45) is -4.70. The molecule has 0 spiro atoms. The van der Waals surface area contributed by atoms with E-state index >= 15 is 0 Å². The van der Waals surface area contributed by atoms with E-state index in [0.29, 0.717) is 38.4 Å². The fourth-order valence-electron chi connectivity index (χ4n) is 5.76. The number of nitrogens with zero attached hydrogens (tertiary/aromatic N) is 2. The van der Waals surface area contributed by atoms with Gasteiger partial charge in [-0.05, 0) is 60.2 Å². The van der Waals surface area contributed by atoms with Crippen LogP contribution in [0, 0.1) is 5.92 Å². The summed E-state index contributed by atoms with van der Waals surface area (Å²) in [5, 5.41) is 1.95. The molecule has 0 aliphatic carbocycles. The van der Waals surface area contributed by atoms with Crippen LogP contribution in [0.3, 0.4) is 0 Å². The number of carbonyl (C=O) groups is 3. The third-order valence-electron chi connectivity index (χ3n) is 7.92. The predicted octanol–water partition coefficient (Wildman–Crippen LogP) is 5.39. The third-order valence-corrected chi connectivity index (χ3v) is 10.5. The normalized spacial score (nSPS) is 18.9. The van der Waals surface area contributed by atoms with E-state index in [1.54, 1.807) is 42.5 Å². The SMILES string of the molecule is COc1ccc(NC(=O)Cn2c3c(sc2=O)[C@@H](c2ccc(OC)c(OC)c2)[C@H]2C(=O)N(c4cccc(C(F)(F)F)c4)C(=O)[C@H]2S3)cc1. The topological polar surface area (TPSA) is 116 Å². The number of aromatic nitrogens is 1. The van der Waals surface area contributed by atoms with E-state index in [0.717, 1.165) is 46.2 Å². The number of imide groups is 1. The number of methoxy groups -OCH3 is 3. The molecule has 1 saturated heterocycles. The summed E-state index contributed by atoms with van der Waals surface area (Å²) in [5.41, 5.74) is -0.236. The molecule has 0 bridgehead atoms. The second-order valence-corrected chi connectivity index (χ2v) is 12.7. The van der Waals surface area contributed by atoms with Crippen LogP contribution < -0.4 is 29.3 Å². The first-order valence-corrected chi connectivity index (χ1v) is 15.8. The second-order valence-electron chi connectivity index (χ2n) is 10.6. The number of amides is 3. The number of alkyl halides is 3. The van der Waals surface area contributed by atoms with Crippen molar-refractivity contribution in [3.63, 3.8) is 0 Å². The van der Waals surface area contributed by atoms with Gasteiger partial charge in [0, 0.05) is 16.5 Å². The average molecular weight is 686 g/mol. The summed E-state index contributed by atoms with van der Waals surface area (Å²) in [7, 11) is 4.40. The summed E-state index contributed by atoms with van der Waals surface area (Å²) in [6, 6.07) is 15.6. The maximum atomic E-state index is 14.1. The van der Waals surface area contributed by atoms with Gasteiger partial charge in [-0.15, -0.1) is 0 Å². The molecule has 1 N–H and O–H groups in total. The van der Waals surface area contributed by atoms with E-state index in [1.165, 1.54) is 32.0 Å². The monoisotopic (exact) mass is 685 g/mol. The molecule has 47 heavy (non-hydrogen) atoms. The van der Waals surface area contributed by atoms with Gasteiger partial charge in [0.2, 0.25) is 17.7 Å². The van der Waals surface area contributed by atoms with E-state index in [2.05, 4.69) is 5.32 Å². The Labute approximate surface area is 274 Å². The highest BCUT2D eigenvalue weighted by Crippen LogP contribution is 2.54. The summed E-state index contributed by atoms with van der Waals surface area (Å²) in [5.74, 6) is -2.57. The predicted molar refractivity (Wildman–Crippen MR) is 169 cm³/mol. The highest BCUT2D eigenvalue weighted by atomic mass is 32.2. The molecule has 0 unspecified atom stereocenters. The standard InChI is InChI=1S/C32H26F3N3O7S2/c1-43-20-10-8-18(9-11-20)36-23(39)15-37-30-27(47-31(37)42)24(16-7-12-21(44-2)22(13-16)45-3)25-26(46-30)29(41)38(28(25)40)19-6-4-5-17(14-19)32(33,34)35/h4-14,24-26H,15H2,1-3H3,(H,36,39)/t24-,25+,26-/m0/s1. The summed E-state index contributed by atoms with van der Waals surface area (Å²) in [6.45, 7) is -0.390. The van der Waals surface area contributed by atoms with Crippen molar-refractivity contribution in [1.82, 2.24) is 4.57 Å². The van der Waals surface area contributed by atoms with Crippen LogP contribution in [-0.2, 0) is 27.1 Å². The van der Waals surface area contributed by atoms with Crippen molar-refractivity contribution >= 4 is 52.2 Å². The minimum atomic E-state index is -4.70. The van der Waals surface area contributed by atoms with Crippen LogP contribution in [0.15, 0.2) is 76.6 Å². The molecule has 2 aliphatic rings. The molecule has 0 radical (unpaired) electrons. The zero-order valence-electron chi connectivity index (χ0n) is 25.0. The van der Waals surface area contributed by atoms with Crippen molar-refractivity contribution in [1.29, 1.82) is 0 Å². The number of nitrogens with one attached hydrogen (secondary N) is 1. The molecule has 10 nitrogen and oxygen atoms in total. The minimum Gasteiger partial charge on any atom is -0.497 e. The largest absolute Gasteiger partial charge is 0.497 e. The Kier molecular flexibility index (Phi) is 8.53. The van der Waals surface area contributed by atoms with Gasteiger partial charge < -0.3 is 19.5 Å². The molecule has 3 amide bonds. The van der Waals surface area contributed by atoms with Crippen LogP contribution in [0.2, 0.25) is 0 Å². The second kappa shape index (κ2) is 12.4. The molecule has 1 fully saturated rings. The van der Waals surface area contributed by atoms with Gasteiger partial charge >= 0.3 is 11.0 Å². The van der Waals surface area contributed by atoms with E-state index < -0.39 is 51.4 Å². The van der Waals surface area contributed by atoms with Crippen molar-refractivity contribution in [3.8, 4) is 17.2 Å². The highest BCUT2D eigenvalue weighted by Gasteiger charge is 2.57. The van der Waals surface area contributed by atoms with E-state index in [-0.39, 0.29) is 12.2 Å². The molecule has 2 aliphatic heterocycles. The van der Waals surface area contributed by atoms with Crippen molar-refractivity contribution in [2.24, 2.45) is 5.92 Å². The molecule has 1 aromatic heterocycles. The number of ether oxygens (including phenoxy) is 3. The molecule has 3 heterocycles. The van der Waals surface area contributed by atoms with Gasteiger partial charge in [-0.2, -0.15) is 13.2 Å². The van der Waals surface area contributed by atoms with Crippen LogP contribution in [0.4, 0.5) is 24.5 Å². The Morgan fingerprint density at radius 2 is 1.62 bits per heavy atom. The number of anilines is 2. The summed E-state index contributed by atoms with van der Waals surface area (Å²) < 4.78 is 57.9. The first-order chi connectivity index (χ1) is 22.4. The average Bonchev–Trinajstić information content (AvgIpc) is 3.50. The van der Waals surface area contributed by atoms with Crippen molar-refractivity contribution < 1.29 is 41.8 Å². The number of carbonyl (C=O) groups excluding carboxylic acids is 3. The number of fused-ring (bicyclic) bond motifs is 2. The van der Waals surface area contributed by atoms with Crippen LogP contribution in [0.25, 0.3) is 0 Å². The Morgan fingerprint density at radius 3 is 2.28 bits per heavy atom. The molecule has 3 aromatic carbocycles. The van der Waals surface area contributed by atoms with Crippen LogP contribution in [0.5, 0.6) is 17.2 Å². The number of hydrogen-bond acceptors (Lipinski definition) is 9. The van der Waals surface area contributed by atoms with E-state index in [4.69, 9.17) is 14.2 Å². The number of benzene rings is 3. The van der Waals surface area contributed by atoms with Gasteiger partial charge in [0.25, 0.3) is 0 Å². The Balaban J connectivity index is 1.42. The van der Waals surface area contributed by atoms with Crippen molar-refractivity contribution in [2.75, 3.05) is 31.5 Å². The molecule has 15 heteroatoms. The van der Waals surface area contributed by atoms with E-state index in [1.807, 2.05) is 0 Å². The van der Waals surface area contributed by atoms with Crippen LogP contribution >= 0.6 is 23.1 Å². The lowest BCUT2D eigenvalue weighted by atomic mass is 9.83. The highest BCUT2D eigenvalue weighted by molar-refractivity contribution is 8.00. The lowest BCUT2D eigenvalue weighted by molar-refractivity contribution is -0.137. The first-order valence-electron chi connectivity index (χ1n) is 14.1. The van der Waals surface area contributed by atoms with Gasteiger partial charge in [-0.1, -0.05) is 35.2 Å². The van der Waals surface area contributed by atoms with Crippen LogP contribution in [0.1, 0.15) is 21.9 Å². The number of halogens is 3. The lowest BCUT2D eigenvalue weighted by Crippen LogP contribution is -2.33. The van der Waals surface area contributed by atoms with Gasteiger partial charge in [0.15, 0.2) is 11.5 Å². The third kappa shape index (κ3) is 5.84. The first kappa shape index (κ1) is 32.2. The smallest absolute Gasteiger partial charge is 0.416 e. The molecular formula is C32H26F3N3O7S2. The maximum absolute atomic E-state index is 14.1. The molecule has 6 rings (SSSR count). The number of thioether (sulfide) groups is 1. The molecular weight excluding hydrogens is 659 g/mol. The summed E-state index contributed by atoms with van der Waals surface area (Å²) in [4.78, 5) is 55.3. The fourth-order valence-corrected chi connectivity index (χ4v) is 8.53. The number of thiazole rings is 1. The lowest BCUT2D eigenvalue weighted by Gasteiger charge is -2.31.